The van der Waals surface area contributed by atoms with Gasteiger partial charge < -0.3 is 10.1 Å². The van der Waals surface area contributed by atoms with E-state index in [1.807, 2.05) is 18.2 Å². The Bertz CT molecular complexity index is 649. The first-order chi connectivity index (χ1) is 10.1. The lowest BCUT2D eigenvalue weighted by molar-refractivity contribution is 0.271. The summed E-state index contributed by atoms with van der Waals surface area (Å²) in [4.78, 5) is 0. The number of hydrogen-bond acceptors (Lipinski definition) is 2. The molecule has 0 unspecified atom stereocenters. The standard InChI is InChI=1S/C18H20ClNO/c1-13-4-3-5-15(8-13)18(11-20-12-18)10-14-9-16(19)6-7-17(14)21-2/h3-9,20H,10-12H2,1-2H3. The molecule has 0 bridgehead atoms. The Hall–Kier alpha value is -1.51. The highest BCUT2D eigenvalue weighted by molar-refractivity contribution is 6.30. The van der Waals surface area contributed by atoms with Crippen LogP contribution in [-0.2, 0) is 11.8 Å². The van der Waals surface area contributed by atoms with Gasteiger partial charge in [0.15, 0.2) is 0 Å². The van der Waals surface area contributed by atoms with Crippen LogP contribution in [0.1, 0.15) is 16.7 Å². The quantitative estimate of drug-likeness (QED) is 0.929. The summed E-state index contributed by atoms with van der Waals surface area (Å²) in [6.07, 6.45) is 0.938. The fraction of sp³-hybridized carbons (Fsp3) is 0.333. The molecule has 0 aromatic heterocycles. The summed E-state index contributed by atoms with van der Waals surface area (Å²) in [5.41, 5.74) is 4.01. The van der Waals surface area contributed by atoms with Crippen molar-refractivity contribution in [3.63, 3.8) is 0 Å². The maximum Gasteiger partial charge on any atom is 0.122 e. The molecule has 0 atom stereocenters. The minimum atomic E-state index is 0.143. The first kappa shape index (κ1) is 14.4. The summed E-state index contributed by atoms with van der Waals surface area (Å²) in [5.74, 6) is 0.915. The van der Waals surface area contributed by atoms with Gasteiger partial charge in [0.05, 0.1) is 7.11 Å². The molecule has 2 aromatic carbocycles. The second-order valence-corrected chi connectivity index (χ2v) is 6.32. The van der Waals surface area contributed by atoms with Crippen molar-refractivity contribution >= 4 is 11.6 Å². The lowest BCUT2D eigenvalue weighted by atomic mass is 9.70. The number of rotatable bonds is 4. The van der Waals surface area contributed by atoms with Gasteiger partial charge >= 0.3 is 0 Å². The SMILES string of the molecule is COc1ccc(Cl)cc1CC1(c2cccc(C)c2)CNC1. The molecule has 1 fully saturated rings. The van der Waals surface area contributed by atoms with Crippen LogP contribution in [0.4, 0.5) is 0 Å². The highest BCUT2D eigenvalue weighted by atomic mass is 35.5. The van der Waals surface area contributed by atoms with E-state index in [2.05, 4.69) is 36.5 Å². The summed E-state index contributed by atoms with van der Waals surface area (Å²) < 4.78 is 5.50. The number of aryl methyl sites for hydroxylation is 1. The van der Waals surface area contributed by atoms with Crippen LogP contribution in [0.5, 0.6) is 5.75 Å². The van der Waals surface area contributed by atoms with E-state index in [1.165, 1.54) is 16.7 Å². The largest absolute Gasteiger partial charge is 0.496 e. The summed E-state index contributed by atoms with van der Waals surface area (Å²) in [6, 6.07) is 14.7. The summed E-state index contributed by atoms with van der Waals surface area (Å²) in [7, 11) is 1.71. The Balaban J connectivity index is 1.96. The molecule has 21 heavy (non-hydrogen) atoms. The molecule has 2 aromatic rings. The van der Waals surface area contributed by atoms with E-state index in [-0.39, 0.29) is 5.41 Å². The molecule has 1 aliphatic rings. The maximum absolute atomic E-state index is 6.16. The van der Waals surface area contributed by atoms with E-state index < -0.39 is 0 Å². The van der Waals surface area contributed by atoms with Gasteiger partial charge in [-0.25, -0.2) is 0 Å². The zero-order valence-corrected chi connectivity index (χ0v) is 13.2. The smallest absolute Gasteiger partial charge is 0.122 e. The zero-order valence-electron chi connectivity index (χ0n) is 12.4. The second kappa shape index (κ2) is 5.70. The first-order valence-electron chi connectivity index (χ1n) is 7.23. The van der Waals surface area contributed by atoms with Gasteiger partial charge in [-0.3, -0.25) is 0 Å². The van der Waals surface area contributed by atoms with Crippen molar-refractivity contribution in [3.05, 3.63) is 64.2 Å². The predicted molar refractivity (Wildman–Crippen MR) is 87.4 cm³/mol. The van der Waals surface area contributed by atoms with Gasteiger partial charge in [-0.05, 0) is 42.7 Å². The average Bonchev–Trinajstić information content (AvgIpc) is 2.43. The van der Waals surface area contributed by atoms with Crippen molar-refractivity contribution < 1.29 is 4.74 Å². The number of methoxy groups -OCH3 is 1. The van der Waals surface area contributed by atoms with Crippen LogP contribution < -0.4 is 10.1 Å². The third kappa shape index (κ3) is 2.78. The molecule has 1 saturated heterocycles. The van der Waals surface area contributed by atoms with E-state index >= 15 is 0 Å². The van der Waals surface area contributed by atoms with E-state index in [0.29, 0.717) is 0 Å². The summed E-state index contributed by atoms with van der Waals surface area (Å²) >= 11 is 6.16. The molecule has 1 aliphatic heterocycles. The predicted octanol–water partition coefficient (Wildman–Crippen LogP) is 3.74. The lowest BCUT2D eigenvalue weighted by Gasteiger charge is -2.44. The topological polar surface area (TPSA) is 21.3 Å². The van der Waals surface area contributed by atoms with Crippen LogP contribution in [0.3, 0.4) is 0 Å². The first-order valence-corrected chi connectivity index (χ1v) is 7.61. The zero-order chi connectivity index (χ0) is 14.9. The van der Waals surface area contributed by atoms with Crippen LogP contribution in [0.15, 0.2) is 42.5 Å². The van der Waals surface area contributed by atoms with Gasteiger partial charge in [0, 0.05) is 23.5 Å². The molecular formula is C18H20ClNO. The third-order valence-electron chi connectivity index (χ3n) is 4.33. The fourth-order valence-corrected chi connectivity index (χ4v) is 3.28. The van der Waals surface area contributed by atoms with Crippen molar-refractivity contribution in [2.75, 3.05) is 20.2 Å². The van der Waals surface area contributed by atoms with Crippen LogP contribution in [0.2, 0.25) is 5.02 Å². The van der Waals surface area contributed by atoms with Gasteiger partial charge in [0.2, 0.25) is 0 Å². The van der Waals surface area contributed by atoms with Crippen LogP contribution >= 0.6 is 11.6 Å². The summed E-state index contributed by atoms with van der Waals surface area (Å²) in [6.45, 7) is 4.13. The molecule has 3 heteroatoms. The molecule has 1 N–H and O–H groups in total. The third-order valence-corrected chi connectivity index (χ3v) is 4.56. The highest BCUT2D eigenvalue weighted by Gasteiger charge is 2.39. The van der Waals surface area contributed by atoms with E-state index in [1.54, 1.807) is 7.11 Å². The lowest BCUT2D eigenvalue weighted by Crippen LogP contribution is -2.58. The Morgan fingerprint density at radius 1 is 1.19 bits per heavy atom. The minimum Gasteiger partial charge on any atom is -0.496 e. The van der Waals surface area contributed by atoms with E-state index in [4.69, 9.17) is 16.3 Å². The molecule has 0 saturated carbocycles. The van der Waals surface area contributed by atoms with Crippen molar-refractivity contribution in [1.29, 1.82) is 0 Å². The van der Waals surface area contributed by atoms with Gasteiger partial charge in [0.25, 0.3) is 0 Å². The summed E-state index contributed by atoms with van der Waals surface area (Å²) in [5, 5.41) is 4.18. The van der Waals surface area contributed by atoms with Crippen molar-refractivity contribution in [2.24, 2.45) is 0 Å². The van der Waals surface area contributed by atoms with E-state index in [0.717, 1.165) is 30.3 Å². The Labute approximate surface area is 131 Å². The van der Waals surface area contributed by atoms with Gasteiger partial charge in [-0.2, -0.15) is 0 Å². The number of hydrogen-bond donors (Lipinski definition) is 1. The molecule has 110 valence electrons. The van der Waals surface area contributed by atoms with Crippen molar-refractivity contribution in [3.8, 4) is 5.75 Å². The van der Waals surface area contributed by atoms with Crippen LogP contribution in [0.25, 0.3) is 0 Å². The molecular weight excluding hydrogens is 282 g/mol. The maximum atomic E-state index is 6.16. The van der Waals surface area contributed by atoms with Gasteiger partial charge in [0.1, 0.15) is 5.75 Å². The number of benzene rings is 2. The van der Waals surface area contributed by atoms with Gasteiger partial charge in [-0.1, -0.05) is 41.4 Å². The van der Waals surface area contributed by atoms with Crippen LogP contribution in [0, 0.1) is 6.92 Å². The monoisotopic (exact) mass is 301 g/mol. The minimum absolute atomic E-state index is 0.143. The average molecular weight is 302 g/mol. The molecule has 3 rings (SSSR count). The molecule has 2 nitrogen and oxygen atoms in total. The number of nitrogens with one attached hydrogen (secondary N) is 1. The number of ether oxygens (including phenoxy) is 1. The van der Waals surface area contributed by atoms with Crippen LogP contribution in [-0.4, -0.2) is 20.2 Å². The molecule has 0 spiro atoms. The van der Waals surface area contributed by atoms with Gasteiger partial charge in [-0.15, -0.1) is 0 Å². The Kier molecular flexibility index (Phi) is 3.92. The number of halogens is 1. The molecule has 0 aliphatic carbocycles. The highest BCUT2D eigenvalue weighted by Crippen LogP contribution is 2.36. The Morgan fingerprint density at radius 2 is 2.00 bits per heavy atom. The normalized spacial score (nSPS) is 16.3. The molecule has 0 amide bonds. The Morgan fingerprint density at radius 3 is 2.62 bits per heavy atom. The molecule has 0 radical (unpaired) electrons. The fourth-order valence-electron chi connectivity index (χ4n) is 3.08. The second-order valence-electron chi connectivity index (χ2n) is 5.89. The molecule has 1 heterocycles. The van der Waals surface area contributed by atoms with E-state index in [9.17, 15) is 0 Å². The van der Waals surface area contributed by atoms with Crippen molar-refractivity contribution in [2.45, 2.75) is 18.8 Å². The van der Waals surface area contributed by atoms with Crippen molar-refractivity contribution in [1.82, 2.24) is 5.32 Å².